The van der Waals surface area contributed by atoms with E-state index in [0.29, 0.717) is 13.1 Å². The summed E-state index contributed by atoms with van der Waals surface area (Å²) in [5, 5.41) is 0. The third-order valence-corrected chi connectivity index (χ3v) is 4.39. The van der Waals surface area contributed by atoms with Crippen LogP contribution in [-0.4, -0.2) is 48.4 Å². The maximum atomic E-state index is 13.3. The van der Waals surface area contributed by atoms with Crippen LogP contribution in [0.1, 0.15) is 15.9 Å². The highest BCUT2D eigenvalue weighted by atomic mass is 19.2. The fourth-order valence-electron chi connectivity index (χ4n) is 2.92. The van der Waals surface area contributed by atoms with Crippen molar-refractivity contribution in [1.29, 1.82) is 0 Å². The van der Waals surface area contributed by atoms with Crippen molar-refractivity contribution in [2.45, 2.75) is 6.42 Å². The van der Waals surface area contributed by atoms with Crippen LogP contribution in [0.4, 0.5) is 8.78 Å². The molecule has 1 aliphatic rings. The largest absolute Gasteiger partial charge is 0.336 e. The minimum atomic E-state index is -0.984. The summed E-state index contributed by atoms with van der Waals surface area (Å²) in [6, 6.07) is 13.6. The molecule has 24 heavy (non-hydrogen) atoms. The first-order chi connectivity index (χ1) is 11.6. The van der Waals surface area contributed by atoms with Crippen LogP contribution in [0, 0.1) is 11.6 Å². The zero-order valence-electron chi connectivity index (χ0n) is 13.4. The number of hydrogen-bond donors (Lipinski definition) is 0. The molecule has 1 fully saturated rings. The smallest absolute Gasteiger partial charge is 0.254 e. The van der Waals surface area contributed by atoms with Crippen LogP contribution in [0.3, 0.4) is 0 Å². The number of nitrogens with zero attached hydrogens (tertiary/aromatic N) is 2. The second-order valence-electron chi connectivity index (χ2n) is 6.00. The Hall–Kier alpha value is -2.27. The predicted octanol–water partition coefficient (Wildman–Crippen LogP) is 2.97. The highest BCUT2D eigenvalue weighted by Gasteiger charge is 2.22. The molecule has 0 aromatic heterocycles. The Balaban J connectivity index is 1.51. The van der Waals surface area contributed by atoms with E-state index in [-0.39, 0.29) is 11.5 Å². The van der Waals surface area contributed by atoms with E-state index < -0.39 is 11.6 Å². The third-order valence-electron chi connectivity index (χ3n) is 4.39. The maximum absolute atomic E-state index is 13.3. The first-order valence-electron chi connectivity index (χ1n) is 8.14. The van der Waals surface area contributed by atoms with Crippen molar-refractivity contribution in [3.63, 3.8) is 0 Å². The number of piperazine rings is 1. The van der Waals surface area contributed by atoms with Crippen LogP contribution in [0.5, 0.6) is 0 Å². The molecule has 0 bridgehead atoms. The van der Waals surface area contributed by atoms with E-state index in [1.54, 1.807) is 4.90 Å². The summed E-state index contributed by atoms with van der Waals surface area (Å²) < 4.78 is 26.3. The lowest BCUT2D eigenvalue weighted by atomic mass is 10.1. The van der Waals surface area contributed by atoms with Gasteiger partial charge in [0.05, 0.1) is 0 Å². The molecule has 1 aliphatic heterocycles. The van der Waals surface area contributed by atoms with E-state index in [2.05, 4.69) is 17.0 Å². The number of carbonyl (C=O) groups is 1. The first-order valence-corrected chi connectivity index (χ1v) is 8.14. The maximum Gasteiger partial charge on any atom is 0.254 e. The Morgan fingerprint density at radius 1 is 0.917 bits per heavy atom. The number of halogens is 2. The van der Waals surface area contributed by atoms with Gasteiger partial charge in [0.2, 0.25) is 0 Å². The van der Waals surface area contributed by atoms with Gasteiger partial charge in [0, 0.05) is 38.3 Å². The lowest BCUT2D eigenvalue weighted by Gasteiger charge is -2.34. The summed E-state index contributed by atoms with van der Waals surface area (Å²) in [5.41, 5.74) is 1.50. The molecule has 1 amide bonds. The van der Waals surface area contributed by atoms with Crippen LogP contribution in [0.2, 0.25) is 0 Å². The van der Waals surface area contributed by atoms with Crippen LogP contribution >= 0.6 is 0 Å². The Bertz CT molecular complexity index is 698. The third kappa shape index (κ3) is 3.97. The normalized spacial score (nSPS) is 15.5. The second kappa shape index (κ2) is 7.53. The average Bonchev–Trinajstić information content (AvgIpc) is 2.63. The van der Waals surface area contributed by atoms with E-state index in [1.807, 2.05) is 18.2 Å². The number of carbonyl (C=O) groups excluding carboxylic acids is 1. The summed E-state index contributed by atoms with van der Waals surface area (Å²) in [6.45, 7) is 3.75. The Morgan fingerprint density at radius 2 is 1.62 bits per heavy atom. The lowest BCUT2D eigenvalue weighted by Crippen LogP contribution is -2.49. The molecule has 2 aromatic carbocycles. The molecule has 3 rings (SSSR count). The van der Waals surface area contributed by atoms with E-state index in [4.69, 9.17) is 0 Å². The van der Waals surface area contributed by atoms with Crippen molar-refractivity contribution >= 4 is 5.91 Å². The standard InChI is InChI=1S/C19H20F2N2O/c20-17-7-6-16(14-18(17)21)19(24)23-12-10-22(11-13-23)9-8-15-4-2-1-3-5-15/h1-7,14H,8-13H2. The van der Waals surface area contributed by atoms with Gasteiger partial charge in [-0.3, -0.25) is 9.69 Å². The molecule has 1 saturated heterocycles. The van der Waals surface area contributed by atoms with Gasteiger partial charge in [-0.25, -0.2) is 8.78 Å². The van der Waals surface area contributed by atoms with Gasteiger partial charge < -0.3 is 4.90 Å². The Kier molecular flexibility index (Phi) is 5.20. The van der Waals surface area contributed by atoms with E-state index in [0.717, 1.165) is 38.2 Å². The summed E-state index contributed by atoms with van der Waals surface area (Å²) in [4.78, 5) is 16.4. The van der Waals surface area contributed by atoms with Gasteiger partial charge in [-0.05, 0) is 30.2 Å². The van der Waals surface area contributed by atoms with Gasteiger partial charge in [-0.1, -0.05) is 30.3 Å². The van der Waals surface area contributed by atoms with Crippen LogP contribution in [0.25, 0.3) is 0 Å². The van der Waals surface area contributed by atoms with Crippen molar-refractivity contribution in [2.75, 3.05) is 32.7 Å². The number of hydrogen-bond acceptors (Lipinski definition) is 2. The molecule has 5 heteroatoms. The summed E-state index contributed by atoms with van der Waals surface area (Å²) in [6.07, 6.45) is 0.984. The molecule has 0 spiro atoms. The van der Waals surface area contributed by atoms with Crippen LogP contribution in [0.15, 0.2) is 48.5 Å². The fraction of sp³-hybridized carbons (Fsp3) is 0.316. The molecule has 1 heterocycles. The van der Waals surface area contributed by atoms with Crippen molar-refractivity contribution < 1.29 is 13.6 Å². The summed E-state index contributed by atoms with van der Waals surface area (Å²) >= 11 is 0. The van der Waals surface area contributed by atoms with Crippen LogP contribution in [-0.2, 0) is 6.42 Å². The molecule has 3 nitrogen and oxygen atoms in total. The van der Waals surface area contributed by atoms with Gasteiger partial charge in [0.1, 0.15) is 0 Å². The molecular formula is C19H20F2N2O. The van der Waals surface area contributed by atoms with Gasteiger partial charge in [-0.15, -0.1) is 0 Å². The van der Waals surface area contributed by atoms with E-state index in [9.17, 15) is 13.6 Å². The predicted molar refractivity (Wildman–Crippen MR) is 88.8 cm³/mol. The van der Waals surface area contributed by atoms with E-state index >= 15 is 0 Å². The molecule has 0 radical (unpaired) electrons. The van der Waals surface area contributed by atoms with Crippen LogP contribution < -0.4 is 0 Å². The fourth-order valence-corrected chi connectivity index (χ4v) is 2.92. The zero-order valence-corrected chi connectivity index (χ0v) is 13.4. The molecular weight excluding hydrogens is 310 g/mol. The van der Waals surface area contributed by atoms with Gasteiger partial charge in [0.15, 0.2) is 11.6 Å². The highest BCUT2D eigenvalue weighted by molar-refractivity contribution is 5.94. The number of amides is 1. The molecule has 126 valence electrons. The number of benzene rings is 2. The minimum Gasteiger partial charge on any atom is -0.336 e. The van der Waals surface area contributed by atoms with Gasteiger partial charge in [-0.2, -0.15) is 0 Å². The Morgan fingerprint density at radius 3 is 2.29 bits per heavy atom. The minimum absolute atomic E-state index is 0.201. The molecule has 0 N–H and O–H groups in total. The van der Waals surface area contributed by atoms with Crippen molar-refractivity contribution in [3.05, 3.63) is 71.3 Å². The molecule has 0 atom stereocenters. The second-order valence-corrected chi connectivity index (χ2v) is 6.00. The molecule has 2 aromatic rings. The van der Waals surface area contributed by atoms with Gasteiger partial charge in [0.25, 0.3) is 5.91 Å². The Labute approximate surface area is 140 Å². The summed E-state index contributed by atoms with van der Waals surface area (Å²) in [5.74, 6) is -2.16. The highest BCUT2D eigenvalue weighted by Crippen LogP contribution is 2.13. The molecule has 0 saturated carbocycles. The first kappa shape index (κ1) is 16.6. The zero-order chi connectivity index (χ0) is 16.9. The lowest BCUT2D eigenvalue weighted by molar-refractivity contribution is 0.0638. The monoisotopic (exact) mass is 330 g/mol. The number of rotatable bonds is 4. The SMILES string of the molecule is O=C(c1ccc(F)c(F)c1)N1CCN(CCc2ccccc2)CC1. The van der Waals surface area contributed by atoms with Gasteiger partial charge >= 0.3 is 0 Å². The van der Waals surface area contributed by atoms with Crippen molar-refractivity contribution in [1.82, 2.24) is 9.80 Å². The average molecular weight is 330 g/mol. The van der Waals surface area contributed by atoms with Crippen molar-refractivity contribution in [3.8, 4) is 0 Å². The topological polar surface area (TPSA) is 23.6 Å². The quantitative estimate of drug-likeness (QED) is 0.860. The summed E-state index contributed by atoms with van der Waals surface area (Å²) in [7, 11) is 0. The van der Waals surface area contributed by atoms with Crippen molar-refractivity contribution in [2.24, 2.45) is 0 Å². The molecule has 0 aliphatic carbocycles. The molecule has 0 unspecified atom stereocenters. The van der Waals surface area contributed by atoms with E-state index in [1.165, 1.54) is 11.6 Å².